The van der Waals surface area contributed by atoms with Crippen LogP contribution in [-0.2, 0) is 21.7 Å². The Balaban J connectivity index is 1.36. The number of nitrogens with zero attached hydrogens (tertiary/aromatic N) is 1. The van der Waals surface area contributed by atoms with Gasteiger partial charge >= 0.3 is 5.97 Å². The van der Waals surface area contributed by atoms with Gasteiger partial charge in [0.25, 0.3) is 5.91 Å². The molecule has 1 aromatic heterocycles. The number of rotatable bonds is 20. The normalized spacial score (nSPS) is 12.1. The number of para-hydroxylation sites is 1. The summed E-state index contributed by atoms with van der Waals surface area (Å²) in [6, 6.07) is 26.2. The second-order valence-electron chi connectivity index (χ2n) is 13.5. The summed E-state index contributed by atoms with van der Waals surface area (Å²) < 4.78 is 34.3. The van der Waals surface area contributed by atoms with Crippen LogP contribution < -0.4 is 10.1 Å². The fourth-order valence-corrected chi connectivity index (χ4v) is 8.32. The predicted molar refractivity (Wildman–Crippen MR) is 214 cm³/mol. The van der Waals surface area contributed by atoms with E-state index in [1.165, 1.54) is 81.0 Å². The van der Waals surface area contributed by atoms with Crippen molar-refractivity contribution < 1.29 is 32.6 Å². The maximum atomic E-state index is 14.7. The molecule has 1 atom stereocenters. The Labute approximate surface area is 322 Å². The van der Waals surface area contributed by atoms with Gasteiger partial charge in [-0.15, -0.1) is 0 Å². The molecule has 0 fully saturated rings. The van der Waals surface area contributed by atoms with Gasteiger partial charge in [0.05, 0.1) is 38.2 Å². The Kier molecular flexibility index (Phi) is 14.1. The van der Waals surface area contributed by atoms with Crippen LogP contribution in [0.3, 0.4) is 0 Å². The topological polar surface area (TPSA) is 132 Å². The first-order valence-corrected chi connectivity index (χ1v) is 20.5. The summed E-state index contributed by atoms with van der Waals surface area (Å²) in [4.78, 5) is 40.3. The zero-order chi connectivity index (χ0) is 38.7. The van der Waals surface area contributed by atoms with Gasteiger partial charge in [0, 0.05) is 18.0 Å². The first-order chi connectivity index (χ1) is 26.0. The highest BCUT2D eigenvalue weighted by atomic mass is 35.5. The number of fused-ring (bicyclic) bond motifs is 1. The van der Waals surface area contributed by atoms with Crippen molar-refractivity contribution in [2.45, 2.75) is 82.1 Å². The second kappa shape index (κ2) is 18.9. The highest BCUT2D eigenvalue weighted by molar-refractivity contribution is 7.91. The zero-order valence-corrected chi connectivity index (χ0v) is 32.3. The maximum Gasteiger partial charge on any atom is 0.335 e. The van der Waals surface area contributed by atoms with Gasteiger partial charge in [0.2, 0.25) is 11.9 Å². The third-order valence-electron chi connectivity index (χ3n) is 9.56. The van der Waals surface area contributed by atoms with Crippen LogP contribution in [0.2, 0.25) is 5.02 Å². The minimum atomic E-state index is -3.62. The van der Waals surface area contributed by atoms with Gasteiger partial charge in [-0.3, -0.25) is 9.59 Å². The van der Waals surface area contributed by atoms with Crippen LogP contribution in [0.4, 0.5) is 5.69 Å². The predicted octanol–water partition coefficient (Wildman–Crippen LogP) is 10.2. The van der Waals surface area contributed by atoms with Crippen molar-refractivity contribution in [3.8, 4) is 17.0 Å². The maximum absolute atomic E-state index is 14.7. The summed E-state index contributed by atoms with van der Waals surface area (Å²) in [6.45, 7) is 2.20. The lowest BCUT2D eigenvalue weighted by Gasteiger charge is -2.19. The molecular formula is C43H47ClN2O7S. The second-order valence-corrected chi connectivity index (χ2v) is 16.0. The largest absolute Gasteiger partial charge is 0.478 e. The van der Waals surface area contributed by atoms with Crippen LogP contribution >= 0.6 is 11.6 Å². The average Bonchev–Trinajstić information content (AvgIpc) is 3.47. The third kappa shape index (κ3) is 9.98. The number of unbranched alkanes of at least 4 members (excludes halogenated alkanes) is 9. The van der Waals surface area contributed by atoms with E-state index in [1.807, 2.05) is 54.1 Å². The number of sulfone groups is 1. The number of amides is 1. The van der Waals surface area contributed by atoms with E-state index in [0.717, 1.165) is 30.3 Å². The number of nitrogens with one attached hydrogen (secondary N) is 1. The van der Waals surface area contributed by atoms with E-state index in [0.29, 0.717) is 17.5 Å². The third-order valence-corrected chi connectivity index (χ3v) is 11.7. The average molecular weight is 771 g/mol. The number of halogens is 1. The van der Waals surface area contributed by atoms with Crippen LogP contribution in [0.1, 0.15) is 91.8 Å². The lowest BCUT2D eigenvalue weighted by molar-refractivity contribution is -0.120. The number of ether oxygens (including phenoxy) is 1. The van der Waals surface area contributed by atoms with Gasteiger partial charge in [-0.25, -0.2) is 13.2 Å². The number of aromatic carboxylic acids is 1. The van der Waals surface area contributed by atoms with E-state index in [2.05, 4.69) is 12.2 Å². The fraction of sp³-hybridized carbons (Fsp3) is 0.326. The van der Waals surface area contributed by atoms with Crippen molar-refractivity contribution in [1.82, 2.24) is 4.57 Å². The Morgan fingerprint density at radius 2 is 1.41 bits per heavy atom. The number of hydrogen-bond donors (Lipinski definition) is 2. The van der Waals surface area contributed by atoms with Crippen molar-refractivity contribution >= 4 is 55.7 Å². The van der Waals surface area contributed by atoms with E-state index in [-0.39, 0.29) is 38.2 Å². The Morgan fingerprint density at radius 1 is 0.796 bits per heavy atom. The summed E-state index contributed by atoms with van der Waals surface area (Å²) in [5.74, 6) is -2.55. The number of ketones is 1. The standard InChI is InChI=1S/C43H47ClN2O7S/c1-3-4-5-6-7-8-9-10-11-17-28-54(51,52)33-26-27-36(35(44)29-33)45-42(48)41(53-32-24-22-31(23-25-32)43(49)50)40(47)38-34-20-15-16-21-37(34)46(2)39(38)30-18-13-12-14-19-30/h12-16,18-27,29,41H,3-11,17,28H2,1-2H3,(H,45,48)(H,49,50). The van der Waals surface area contributed by atoms with Crippen LogP contribution in [0.5, 0.6) is 5.75 Å². The summed E-state index contributed by atoms with van der Waals surface area (Å²) in [5.41, 5.74) is 2.47. The van der Waals surface area contributed by atoms with Crippen molar-refractivity contribution in [2.75, 3.05) is 11.1 Å². The molecule has 0 spiro atoms. The molecule has 5 rings (SSSR count). The Hall–Kier alpha value is -4.93. The summed E-state index contributed by atoms with van der Waals surface area (Å²) in [5, 5.41) is 12.7. The number of hydrogen-bond acceptors (Lipinski definition) is 6. The van der Waals surface area contributed by atoms with E-state index >= 15 is 0 Å². The zero-order valence-electron chi connectivity index (χ0n) is 30.7. The number of aryl methyl sites for hydroxylation is 1. The molecule has 9 nitrogen and oxygen atoms in total. The number of Topliss-reactive ketones (excluding diaryl/α,β-unsaturated/α-hetero) is 1. The molecule has 0 saturated carbocycles. The van der Waals surface area contributed by atoms with Gasteiger partial charge in [-0.2, -0.15) is 0 Å². The number of carbonyl (C=O) groups is 3. The van der Waals surface area contributed by atoms with Gasteiger partial charge in [0.15, 0.2) is 9.84 Å². The molecule has 0 radical (unpaired) electrons. The number of carboxylic acid groups (broad SMARTS) is 1. The van der Waals surface area contributed by atoms with E-state index in [1.54, 1.807) is 12.1 Å². The molecule has 0 aliphatic heterocycles. The number of carboxylic acids is 1. The Morgan fingerprint density at radius 3 is 2.04 bits per heavy atom. The van der Waals surface area contributed by atoms with Gasteiger partial charge in [-0.1, -0.05) is 125 Å². The molecule has 2 N–H and O–H groups in total. The molecule has 54 heavy (non-hydrogen) atoms. The van der Waals surface area contributed by atoms with Crippen LogP contribution in [0, 0.1) is 0 Å². The minimum absolute atomic E-state index is 0.00471. The number of carbonyl (C=O) groups excluding carboxylic acids is 2. The summed E-state index contributed by atoms with van der Waals surface area (Å²) in [7, 11) is -1.78. The number of benzene rings is 4. The van der Waals surface area contributed by atoms with Crippen molar-refractivity contribution in [2.24, 2.45) is 7.05 Å². The lowest BCUT2D eigenvalue weighted by Crippen LogP contribution is -2.40. The first-order valence-electron chi connectivity index (χ1n) is 18.5. The molecule has 5 aromatic rings. The van der Waals surface area contributed by atoms with E-state index < -0.39 is 33.6 Å². The molecule has 0 saturated heterocycles. The summed E-state index contributed by atoms with van der Waals surface area (Å²) >= 11 is 6.57. The smallest absolute Gasteiger partial charge is 0.335 e. The first kappa shape index (κ1) is 40.3. The quantitative estimate of drug-likeness (QED) is 0.0457. The lowest BCUT2D eigenvalue weighted by atomic mass is 9.98. The highest BCUT2D eigenvalue weighted by Crippen LogP contribution is 2.35. The number of aromatic nitrogens is 1. The molecule has 11 heteroatoms. The Bertz CT molecular complexity index is 2180. The van der Waals surface area contributed by atoms with Crippen LogP contribution in [-0.4, -0.2) is 47.6 Å². The molecule has 0 bridgehead atoms. The highest BCUT2D eigenvalue weighted by Gasteiger charge is 2.35. The fourth-order valence-electron chi connectivity index (χ4n) is 6.63. The molecule has 1 heterocycles. The van der Waals surface area contributed by atoms with Crippen molar-refractivity contribution in [3.63, 3.8) is 0 Å². The molecule has 4 aromatic carbocycles. The molecule has 284 valence electrons. The van der Waals surface area contributed by atoms with Gasteiger partial charge < -0.3 is 19.7 Å². The summed E-state index contributed by atoms with van der Waals surface area (Å²) in [6.07, 6.45) is 9.14. The van der Waals surface area contributed by atoms with Crippen molar-refractivity contribution in [3.05, 3.63) is 113 Å². The molecule has 1 unspecified atom stereocenters. The molecule has 1 amide bonds. The SMILES string of the molecule is CCCCCCCCCCCCS(=O)(=O)c1ccc(NC(=O)C(Oc2ccc(C(=O)O)cc2)C(=O)c2c(-c3ccccc3)n(C)c3ccccc23)c(Cl)c1. The van der Waals surface area contributed by atoms with E-state index in [4.69, 9.17) is 16.3 Å². The molecule has 0 aliphatic carbocycles. The molecular weight excluding hydrogens is 724 g/mol. The van der Waals surface area contributed by atoms with Crippen LogP contribution in [0.15, 0.2) is 102 Å². The van der Waals surface area contributed by atoms with Crippen molar-refractivity contribution in [1.29, 1.82) is 0 Å². The number of anilines is 1. The van der Waals surface area contributed by atoms with Crippen LogP contribution in [0.25, 0.3) is 22.2 Å². The van der Waals surface area contributed by atoms with Gasteiger partial charge in [0.1, 0.15) is 5.75 Å². The van der Waals surface area contributed by atoms with E-state index in [9.17, 15) is 27.9 Å². The monoisotopic (exact) mass is 770 g/mol. The molecule has 0 aliphatic rings. The van der Waals surface area contributed by atoms with Gasteiger partial charge in [-0.05, 0) is 60.5 Å². The minimum Gasteiger partial charge on any atom is -0.478 e.